The molecular weight excluding hydrogens is 224 g/mol. The minimum atomic E-state index is -0.107. The van der Waals surface area contributed by atoms with E-state index in [0.717, 1.165) is 11.9 Å². The fourth-order valence-electron chi connectivity index (χ4n) is 2.27. The molecule has 96 valence electrons. The van der Waals surface area contributed by atoms with Crippen LogP contribution in [0.1, 0.15) is 19.4 Å². The summed E-state index contributed by atoms with van der Waals surface area (Å²) in [6.07, 6.45) is 2.74. The van der Waals surface area contributed by atoms with E-state index in [0.29, 0.717) is 0 Å². The zero-order chi connectivity index (χ0) is 13.1. The molecule has 2 aromatic rings. The van der Waals surface area contributed by atoms with Gasteiger partial charge in [-0.1, -0.05) is 32.0 Å². The number of fused-ring (bicyclic) bond motifs is 1. The summed E-state index contributed by atoms with van der Waals surface area (Å²) in [6, 6.07) is 8.07. The third-order valence-electron chi connectivity index (χ3n) is 3.36. The molecule has 0 saturated carbocycles. The third kappa shape index (κ3) is 2.46. The average Bonchev–Trinajstić information content (AvgIpc) is 2.78. The second-order valence-corrected chi connectivity index (χ2v) is 4.96. The van der Waals surface area contributed by atoms with Crippen molar-refractivity contribution in [3.8, 4) is 0 Å². The van der Waals surface area contributed by atoms with Gasteiger partial charge in [-0.3, -0.25) is 4.79 Å². The fourth-order valence-corrected chi connectivity index (χ4v) is 2.27. The van der Waals surface area contributed by atoms with Crippen molar-refractivity contribution in [3.05, 3.63) is 36.0 Å². The Morgan fingerprint density at radius 2 is 2.06 bits per heavy atom. The number of para-hydroxylation sites is 1. The Morgan fingerprint density at radius 1 is 1.33 bits per heavy atom. The fraction of sp³-hybridized carbons (Fsp3) is 0.400. The number of aromatic nitrogens is 1. The standard InChI is InChI=1S/C15H20N2O/c1-10(2)15(18)14(16-3)8-11-9-17-13-7-5-4-6-12(11)13/h4-7,9-10,14,16-17H,8H2,1-3H3. The number of rotatable bonds is 5. The summed E-state index contributed by atoms with van der Waals surface area (Å²) in [4.78, 5) is 15.3. The Labute approximate surface area is 108 Å². The van der Waals surface area contributed by atoms with Gasteiger partial charge >= 0.3 is 0 Å². The van der Waals surface area contributed by atoms with Crippen LogP contribution in [-0.2, 0) is 11.2 Å². The molecule has 3 heteroatoms. The average molecular weight is 244 g/mol. The number of nitrogens with one attached hydrogen (secondary N) is 2. The van der Waals surface area contributed by atoms with E-state index in [1.54, 1.807) is 0 Å². The SMILES string of the molecule is CNC(Cc1c[nH]c2ccccc12)C(=O)C(C)C. The predicted molar refractivity (Wildman–Crippen MR) is 74.7 cm³/mol. The van der Waals surface area contributed by atoms with Crippen LogP contribution in [0.5, 0.6) is 0 Å². The van der Waals surface area contributed by atoms with Gasteiger partial charge in [0.25, 0.3) is 0 Å². The second-order valence-electron chi connectivity index (χ2n) is 4.96. The highest BCUT2D eigenvalue weighted by molar-refractivity contribution is 5.88. The molecule has 0 radical (unpaired) electrons. The number of benzene rings is 1. The lowest BCUT2D eigenvalue weighted by atomic mass is 9.96. The highest BCUT2D eigenvalue weighted by Crippen LogP contribution is 2.19. The van der Waals surface area contributed by atoms with E-state index >= 15 is 0 Å². The molecule has 0 aliphatic rings. The summed E-state index contributed by atoms with van der Waals surface area (Å²) >= 11 is 0. The van der Waals surface area contributed by atoms with Gasteiger partial charge in [-0.05, 0) is 25.1 Å². The molecule has 1 unspecified atom stereocenters. The van der Waals surface area contributed by atoms with Crippen LogP contribution in [0.3, 0.4) is 0 Å². The maximum absolute atomic E-state index is 12.1. The van der Waals surface area contributed by atoms with Gasteiger partial charge in [-0.15, -0.1) is 0 Å². The highest BCUT2D eigenvalue weighted by atomic mass is 16.1. The number of H-pyrrole nitrogens is 1. The largest absolute Gasteiger partial charge is 0.361 e. The molecule has 3 nitrogen and oxygen atoms in total. The molecular formula is C15H20N2O. The quantitative estimate of drug-likeness (QED) is 0.849. The minimum Gasteiger partial charge on any atom is -0.361 e. The van der Waals surface area contributed by atoms with Gasteiger partial charge in [-0.25, -0.2) is 0 Å². The van der Waals surface area contributed by atoms with E-state index in [-0.39, 0.29) is 17.7 Å². The summed E-state index contributed by atoms with van der Waals surface area (Å²) in [6.45, 7) is 3.89. The maximum atomic E-state index is 12.1. The van der Waals surface area contributed by atoms with E-state index < -0.39 is 0 Å². The monoisotopic (exact) mass is 244 g/mol. The molecule has 0 fully saturated rings. The van der Waals surface area contributed by atoms with Gasteiger partial charge in [-0.2, -0.15) is 0 Å². The maximum Gasteiger partial charge on any atom is 0.152 e. The molecule has 1 aromatic heterocycles. The van der Waals surface area contributed by atoms with Crippen LogP contribution in [-0.4, -0.2) is 23.9 Å². The third-order valence-corrected chi connectivity index (χ3v) is 3.36. The van der Waals surface area contributed by atoms with Gasteiger partial charge in [0.2, 0.25) is 0 Å². The van der Waals surface area contributed by atoms with Gasteiger partial charge in [0.05, 0.1) is 6.04 Å². The van der Waals surface area contributed by atoms with Gasteiger partial charge in [0.1, 0.15) is 0 Å². The van der Waals surface area contributed by atoms with E-state index in [9.17, 15) is 4.79 Å². The number of hydrogen-bond donors (Lipinski definition) is 2. The molecule has 1 atom stereocenters. The summed E-state index contributed by atoms with van der Waals surface area (Å²) in [7, 11) is 1.85. The number of Topliss-reactive ketones (excluding diaryl/α,β-unsaturated/α-hetero) is 1. The van der Waals surface area contributed by atoms with Crippen LogP contribution in [0, 0.1) is 5.92 Å². The van der Waals surface area contributed by atoms with Crippen molar-refractivity contribution in [2.24, 2.45) is 5.92 Å². The zero-order valence-electron chi connectivity index (χ0n) is 11.2. The van der Waals surface area contributed by atoms with Crippen LogP contribution in [0.2, 0.25) is 0 Å². The lowest BCUT2D eigenvalue weighted by Crippen LogP contribution is -2.38. The summed E-state index contributed by atoms with van der Waals surface area (Å²) in [5, 5.41) is 4.33. The van der Waals surface area contributed by atoms with Crippen LogP contribution >= 0.6 is 0 Å². The number of aromatic amines is 1. The Hall–Kier alpha value is -1.61. The molecule has 0 spiro atoms. The van der Waals surface area contributed by atoms with Crippen LogP contribution in [0.25, 0.3) is 10.9 Å². The molecule has 0 amide bonds. The molecule has 2 rings (SSSR count). The molecule has 0 saturated heterocycles. The predicted octanol–water partition coefficient (Wildman–Crippen LogP) is 2.52. The first-order chi connectivity index (χ1) is 8.63. The van der Waals surface area contributed by atoms with Crippen molar-refractivity contribution in [2.75, 3.05) is 7.05 Å². The van der Waals surface area contributed by atoms with Gasteiger partial charge in [0, 0.05) is 23.0 Å². The summed E-state index contributed by atoms with van der Waals surface area (Å²) in [5.41, 5.74) is 2.32. The summed E-state index contributed by atoms with van der Waals surface area (Å²) < 4.78 is 0. The Morgan fingerprint density at radius 3 is 2.72 bits per heavy atom. The van der Waals surface area contributed by atoms with Crippen molar-refractivity contribution in [3.63, 3.8) is 0 Å². The van der Waals surface area contributed by atoms with Crippen molar-refractivity contribution >= 4 is 16.7 Å². The van der Waals surface area contributed by atoms with Crippen molar-refractivity contribution in [2.45, 2.75) is 26.3 Å². The van der Waals surface area contributed by atoms with Crippen molar-refractivity contribution in [1.82, 2.24) is 10.3 Å². The van der Waals surface area contributed by atoms with E-state index in [1.807, 2.05) is 39.2 Å². The van der Waals surface area contributed by atoms with Crippen LogP contribution < -0.4 is 5.32 Å². The van der Waals surface area contributed by atoms with E-state index in [1.165, 1.54) is 10.9 Å². The number of carbonyl (C=O) groups excluding carboxylic acids is 1. The highest BCUT2D eigenvalue weighted by Gasteiger charge is 2.20. The van der Waals surface area contributed by atoms with Gasteiger partial charge in [0.15, 0.2) is 5.78 Å². The van der Waals surface area contributed by atoms with Crippen LogP contribution in [0.15, 0.2) is 30.5 Å². The first-order valence-electron chi connectivity index (χ1n) is 6.39. The molecule has 0 aliphatic heterocycles. The second kappa shape index (κ2) is 5.36. The Balaban J connectivity index is 2.24. The Bertz CT molecular complexity index is 542. The number of ketones is 1. The number of hydrogen-bond acceptors (Lipinski definition) is 2. The molecule has 2 N–H and O–H groups in total. The lowest BCUT2D eigenvalue weighted by molar-refractivity contribution is -0.123. The molecule has 1 aromatic carbocycles. The molecule has 0 aliphatic carbocycles. The van der Waals surface area contributed by atoms with E-state index in [2.05, 4.69) is 22.4 Å². The summed E-state index contributed by atoms with van der Waals surface area (Å²) in [5.74, 6) is 0.329. The smallest absolute Gasteiger partial charge is 0.152 e. The van der Waals surface area contributed by atoms with Crippen molar-refractivity contribution < 1.29 is 4.79 Å². The first kappa shape index (κ1) is 12.8. The minimum absolute atomic E-state index is 0.0626. The molecule has 0 bridgehead atoms. The normalized spacial score (nSPS) is 13.1. The van der Waals surface area contributed by atoms with Crippen molar-refractivity contribution in [1.29, 1.82) is 0 Å². The topological polar surface area (TPSA) is 44.9 Å². The van der Waals surface area contributed by atoms with Gasteiger partial charge < -0.3 is 10.3 Å². The number of likely N-dealkylation sites (N-methyl/N-ethyl adjacent to an activating group) is 1. The number of carbonyl (C=O) groups is 1. The molecule has 1 heterocycles. The zero-order valence-corrected chi connectivity index (χ0v) is 11.2. The lowest BCUT2D eigenvalue weighted by Gasteiger charge is -2.16. The first-order valence-corrected chi connectivity index (χ1v) is 6.39. The Kier molecular flexibility index (Phi) is 3.82. The van der Waals surface area contributed by atoms with E-state index in [4.69, 9.17) is 0 Å². The molecule has 18 heavy (non-hydrogen) atoms. The van der Waals surface area contributed by atoms with Crippen LogP contribution in [0.4, 0.5) is 0 Å².